The minimum atomic E-state index is -0.311. The summed E-state index contributed by atoms with van der Waals surface area (Å²) in [6, 6.07) is 6.38. The Balaban J connectivity index is 2.27. The van der Waals surface area contributed by atoms with Crippen molar-refractivity contribution in [2.75, 3.05) is 5.73 Å². The third kappa shape index (κ3) is 3.23. The van der Waals surface area contributed by atoms with E-state index >= 15 is 0 Å². The largest absolute Gasteiger partial charge is 0.482 e. The molecule has 3 nitrogen and oxygen atoms in total. The van der Waals surface area contributed by atoms with Gasteiger partial charge in [0.1, 0.15) is 11.9 Å². The Morgan fingerprint density at radius 1 is 1.37 bits per heavy atom. The minimum absolute atomic E-state index is 0.281. The van der Waals surface area contributed by atoms with E-state index in [0.717, 1.165) is 15.6 Å². The normalized spacial score (nSPS) is 12.2. The molecule has 100 valence electrons. The number of pyridine rings is 1. The van der Waals surface area contributed by atoms with Gasteiger partial charge >= 0.3 is 0 Å². The summed E-state index contributed by atoms with van der Waals surface area (Å²) in [7, 11) is 0. The van der Waals surface area contributed by atoms with Crippen LogP contribution in [0.5, 0.6) is 5.75 Å². The standard InChI is InChI=1S/C14H14BrFN2O/c1-8-3-4-11(16)6-12(8)9(2)19-13-5-10(15)7-18-14(13)17/h3-7,9H,1-2H3,(H2,17,18). The summed E-state index contributed by atoms with van der Waals surface area (Å²) in [5.41, 5.74) is 7.51. The highest BCUT2D eigenvalue weighted by atomic mass is 79.9. The van der Waals surface area contributed by atoms with Crippen molar-refractivity contribution in [1.29, 1.82) is 0 Å². The maximum Gasteiger partial charge on any atom is 0.166 e. The first-order valence-electron chi connectivity index (χ1n) is 5.81. The van der Waals surface area contributed by atoms with Gasteiger partial charge in [-0.3, -0.25) is 0 Å². The number of nitrogens with two attached hydrogens (primary N) is 1. The van der Waals surface area contributed by atoms with Crippen LogP contribution in [0.15, 0.2) is 34.9 Å². The highest BCUT2D eigenvalue weighted by Gasteiger charge is 2.13. The van der Waals surface area contributed by atoms with Crippen LogP contribution >= 0.6 is 15.9 Å². The van der Waals surface area contributed by atoms with E-state index in [4.69, 9.17) is 10.5 Å². The molecule has 0 saturated carbocycles. The van der Waals surface area contributed by atoms with Gasteiger partial charge in [0.2, 0.25) is 0 Å². The molecule has 2 rings (SSSR count). The lowest BCUT2D eigenvalue weighted by atomic mass is 10.0. The van der Waals surface area contributed by atoms with Gasteiger partial charge in [0.15, 0.2) is 11.6 Å². The van der Waals surface area contributed by atoms with Crippen LogP contribution in [-0.4, -0.2) is 4.98 Å². The van der Waals surface area contributed by atoms with E-state index in [2.05, 4.69) is 20.9 Å². The van der Waals surface area contributed by atoms with Gasteiger partial charge < -0.3 is 10.5 Å². The molecule has 0 bridgehead atoms. The Morgan fingerprint density at radius 3 is 2.84 bits per heavy atom. The van der Waals surface area contributed by atoms with Crippen LogP contribution in [0.2, 0.25) is 0 Å². The third-order valence-corrected chi connectivity index (χ3v) is 3.27. The SMILES string of the molecule is Cc1ccc(F)cc1C(C)Oc1cc(Br)cnc1N. The number of hydrogen-bond donors (Lipinski definition) is 1. The second kappa shape index (κ2) is 5.57. The van der Waals surface area contributed by atoms with E-state index < -0.39 is 0 Å². The van der Waals surface area contributed by atoms with Crippen molar-refractivity contribution in [3.63, 3.8) is 0 Å². The monoisotopic (exact) mass is 324 g/mol. The molecule has 1 atom stereocenters. The summed E-state index contributed by atoms with van der Waals surface area (Å²) < 4.78 is 19.8. The predicted molar refractivity (Wildman–Crippen MR) is 76.5 cm³/mol. The maximum absolute atomic E-state index is 13.3. The summed E-state index contributed by atoms with van der Waals surface area (Å²) in [5, 5.41) is 0. The number of anilines is 1. The Bertz CT molecular complexity index is 604. The summed E-state index contributed by atoms with van der Waals surface area (Å²) in [4.78, 5) is 4.00. The zero-order valence-electron chi connectivity index (χ0n) is 10.7. The van der Waals surface area contributed by atoms with Gasteiger partial charge in [0.05, 0.1) is 0 Å². The minimum Gasteiger partial charge on any atom is -0.482 e. The predicted octanol–water partition coefficient (Wildman–Crippen LogP) is 4.01. The van der Waals surface area contributed by atoms with Crippen LogP contribution in [-0.2, 0) is 0 Å². The number of aromatic nitrogens is 1. The van der Waals surface area contributed by atoms with Crippen LogP contribution in [0.1, 0.15) is 24.2 Å². The lowest BCUT2D eigenvalue weighted by molar-refractivity contribution is 0.226. The van der Waals surface area contributed by atoms with Crippen molar-refractivity contribution in [2.24, 2.45) is 0 Å². The molecular weight excluding hydrogens is 311 g/mol. The number of ether oxygens (including phenoxy) is 1. The number of benzene rings is 1. The molecule has 0 radical (unpaired) electrons. The molecule has 1 aromatic carbocycles. The molecule has 0 aliphatic rings. The quantitative estimate of drug-likeness (QED) is 0.927. The van der Waals surface area contributed by atoms with Gasteiger partial charge in [-0.1, -0.05) is 6.07 Å². The summed E-state index contributed by atoms with van der Waals surface area (Å²) in [5.74, 6) is 0.506. The molecule has 1 heterocycles. The third-order valence-electron chi connectivity index (χ3n) is 2.83. The smallest absolute Gasteiger partial charge is 0.166 e. The summed E-state index contributed by atoms with van der Waals surface area (Å²) >= 11 is 3.31. The van der Waals surface area contributed by atoms with Crippen molar-refractivity contribution in [3.05, 3.63) is 51.9 Å². The van der Waals surface area contributed by atoms with Gasteiger partial charge in [-0.15, -0.1) is 0 Å². The molecule has 1 aromatic heterocycles. The van der Waals surface area contributed by atoms with E-state index in [1.54, 1.807) is 18.3 Å². The van der Waals surface area contributed by atoms with Crippen LogP contribution in [0, 0.1) is 12.7 Å². The number of nitrogens with zero attached hydrogens (tertiary/aromatic N) is 1. The summed E-state index contributed by atoms with van der Waals surface area (Å²) in [6.45, 7) is 3.76. The Kier molecular flexibility index (Phi) is 4.04. The fraction of sp³-hybridized carbons (Fsp3) is 0.214. The molecule has 1 unspecified atom stereocenters. The first kappa shape index (κ1) is 13.8. The summed E-state index contributed by atoms with van der Waals surface area (Å²) in [6.07, 6.45) is 1.29. The molecule has 19 heavy (non-hydrogen) atoms. The fourth-order valence-corrected chi connectivity index (χ4v) is 2.14. The molecule has 0 fully saturated rings. The van der Waals surface area contributed by atoms with Crippen molar-refractivity contribution in [1.82, 2.24) is 4.98 Å². The Labute approximate surface area is 119 Å². The molecular formula is C14H14BrFN2O. The van der Waals surface area contributed by atoms with Crippen molar-refractivity contribution in [3.8, 4) is 5.75 Å². The van der Waals surface area contributed by atoms with E-state index in [1.165, 1.54) is 12.1 Å². The Morgan fingerprint density at radius 2 is 2.11 bits per heavy atom. The second-order valence-electron chi connectivity index (χ2n) is 4.30. The molecule has 0 saturated heterocycles. The van der Waals surface area contributed by atoms with Gasteiger partial charge in [0, 0.05) is 10.7 Å². The number of halogens is 2. The number of nitrogen functional groups attached to an aromatic ring is 1. The highest BCUT2D eigenvalue weighted by Crippen LogP contribution is 2.29. The molecule has 0 aliphatic heterocycles. The number of hydrogen-bond acceptors (Lipinski definition) is 3. The lowest BCUT2D eigenvalue weighted by Crippen LogP contribution is -2.07. The van der Waals surface area contributed by atoms with Gasteiger partial charge in [-0.25, -0.2) is 9.37 Å². The fourth-order valence-electron chi connectivity index (χ4n) is 1.83. The van der Waals surface area contributed by atoms with Crippen molar-refractivity contribution >= 4 is 21.7 Å². The topological polar surface area (TPSA) is 48.1 Å². The number of aryl methyl sites for hydroxylation is 1. The number of rotatable bonds is 3. The average Bonchev–Trinajstić information content (AvgIpc) is 2.36. The maximum atomic E-state index is 13.3. The van der Waals surface area contributed by atoms with E-state index in [0.29, 0.717) is 11.6 Å². The average molecular weight is 325 g/mol. The van der Waals surface area contributed by atoms with Gasteiger partial charge in [-0.05, 0) is 59.1 Å². The highest BCUT2D eigenvalue weighted by molar-refractivity contribution is 9.10. The van der Waals surface area contributed by atoms with Crippen LogP contribution in [0.4, 0.5) is 10.2 Å². The molecule has 2 N–H and O–H groups in total. The molecule has 0 spiro atoms. The van der Waals surface area contributed by atoms with Gasteiger partial charge in [-0.2, -0.15) is 0 Å². The van der Waals surface area contributed by atoms with Crippen LogP contribution < -0.4 is 10.5 Å². The Hall–Kier alpha value is -1.62. The van der Waals surface area contributed by atoms with Crippen molar-refractivity contribution in [2.45, 2.75) is 20.0 Å². The van der Waals surface area contributed by atoms with Gasteiger partial charge in [0.25, 0.3) is 0 Å². The van der Waals surface area contributed by atoms with E-state index in [9.17, 15) is 4.39 Å². The first-order valence-corrected chi connectivity index (χ1v) is 6.60. The second-order valence-corrected chi connectivity index (χ2v) is 5.21. The van der Waals surface area contributed by atoms with Crippen LogP contribution in [0.3, 0.4) is 0 Å². The van der Waals surface area contributed by atoms with E-state index in [-0.39, 0.29) is 11.9 Å². The molecule has 2 aromatic rings. The molecule has 0 aliphatic carbocycles. The van der Waals surface area contributed by atoms with E-state index in [1.807, 2.05) is 13.8 Å². The zero-order valence-corrected chi connectivity index (χ0v) is 12.2. The van der Waals surface area contributed by atoms with Crippen molar-refractivity contribution < 1.29 is 9.13 Å². The first-order chi connectivity index (χ1) is 8.97. The van der Waals surface area contributed by atoms with Crippen LogP contribution in [0.25, 0.3) is 0 Å². The zero-order chi connectivity index (χ0) is 14.0. The molecule has 0 amide bonds. The molecule has 5 heteroatoms. The lowest BCUT2D eigenvalue weighted by Gasteiger charge is -2.18.